The number of rotatable bonds is 6. The molecule has 0 saturated heterocycles. The molecule has 1 aromatic rings. The number of hydrogen-bond acceptors (Lipinski definition) is 5. The minimum atomic E-state index is -3.55. The van der Waals surface area contributed by atoms with Gasteiger partial charge in [-0.15, -0.1) is 0 Å². The van der Waals surface area contributed by atoms with Gasteiger partial charge in [-0.2, -0.15) is 10.5 Å². The first-order valence-corrected chi connectivity index (χ1v) is 7.87. The Balaban J connectivity index is 2.73. The second-order valence-corrected chi connectivity index (χ2v) is 6.56. The van der Waals surface area contributed by atoms with Gasteiger partial charge in [-0.3, -0.25) is 4.79 Å². The molecule has 0 aliphatic rings. The molecule has 0 bridgehead atoms. The van der Waals surface area contributed by atoms with Crippen molar-refractivity contribution in [2.24, 2.45) is 0 Å². The number of carbonyl (C=O) groups excluding carboxylic acids is 1. The van der Waals surface area contributed by atoms with Crippen molar-refractivity contribution in [3.05, 3.63) is 29.8 Å². The number of nitriles is 2. The molecule has 0 heterocycles. The molecule has 1 amide bonds. The summed E-state index contributed by atoms with van der Waals surface area (Å²) >= 11 is 0. The van der Waals surface area contributed by atoms with Gasteiger partial charge in [0, 0.05) is 6.42 Å². The third-order valence-corrected chi connectivity index (χ3v) is 4.57. The van der Waals surface area contributed by atoms with Gasteiger partial charge in [0.25, 0.3) is 0 Å². The van der Waals surface area contributed by atoms with Crippen LogP contribution in [-0.2, 0) is 14.6 Å². The maximum atomic E-state index is 12.1. The largest absolute Gasteiger partial charge is 0.316 e. The molecule has 110 valence electrons. The van der Waals surface area contributed by atoms with E-state index in [0.717, 1.165) is 10.5 Å². The summed E-state index contributed by atoms with van der Waals surface area (Å²) in [5.41, 5.74) is 0.944. The molecule has 0 aliphatic carbocycles. The van der Waals surface area contributed by atoms with Crippen molar-refractivity contribution in [3.63, 3.8) is 0 Å². The van der Waals surface area contributed by atoms with Crippen LogP contribution in [0.4, 0.5) is 0 Å². The molecule has 0 aromatic heterocycles. The third-order valence-electron chi connectivity index (χ3n) is 2.84. The van der Waals surface area contributed by atoms with Gasteiger partial charge in [0.2, 0.25) is 5.91 Å². The van der Waals surface area contributed by atoms with Crippen LogP contribution >= 0.6 is 0 Å². The first-order valence-electron chi connectivity index (χ1n) is 6.22. The molecule has 0 saturated carbocycles. The maximum Gasteiger partial charge on any atom is 0.225 e. The van der Waals surface area contributed by atoms with E-state index in [-0.39, 0.29) is 30.2 Å². The van der Waals surface area contributed by atoms with Gasteiger partial charge in [-0.1, -0.05) is 17.7 Å². The zero-order valence-corrected chi connectivity index (χ0v) is 12.4. The lowest BCUT2D eigenvalue weighted by atomic mass is 10.2. The Kier molecular flexibility index (Phi) is 5.89. The van der Waals surface area contributed by atoms with Gasteiger partial charge in [0.15, 0.2) is 9.84 Å². The summed E-state index contributed by atoms with van der Waals surface area (Å²) in [7, 11) is -3.55. The number of aryl methyl sites for hydroxylation is 1. The fraction of sp³-hybridized carbons (Fsp3) is 0.357. The number of nitrogens with zero attached hydrogens (tertiary/aromatic N) is 3. The zero-order valence-electron chi connectivity index (χ0n) is 11.6. The van der Waals surface area contributed by atoms with E-state index in [0.29, 0.717) is 0 Å². The van der Waals surface area contributed by atoms with E-state index in [1.807, 2.05) is 6.92 Å². The van der Waals surface area contributed by atoms with Crippen LogP contribution in [0.25, 0.3) is 0 Å². The average molecular weight is 305 g/mol. The SMILES string of the molecule is Cc1ccc(S(=O)(=O)CCC(=O)N(CC#N)CC#N)cc1. The van der Waals surface area contributed by atoms with Crippen LogP contribution in [0.3, 0.4) is 0 Å². The summed E-state index contributed by atoms with van der Waals surface area (Å²) in [4.78, 5) is 13.0. The highest BCUT2D eigenvalue weighted by molar-refractivity contribution is 7.91. The van der Waals surface area contributed by atoms with Crippen molar-refractivity contribution < 1.29 is 13.2 Å². The normalized spacial score (nSPS) is 10.4. The third kappa shape index (κ3) is 4.90. The number of amides is 1. The predicted molar refractivity (Wildman–Crippen MR) is 75.7 cm³/mol. The Hall–Kier alpha value is -2.38. The van der Waals surface area contributed by atoms with Gasteiger partial charge in [-0.05, 0) is 19.1 Å². The Morgan fingerprint density at radius 3 is 2.14 bits per heavy atom. The number of carbonyl (C=O) groups is 1. The van der Waals surface area contributed by atoms with E-state index in [1.165, 1.54) is 12.1 Å². The highest BCUT2D eigenvalue weighted by atomic mass is 32.2. The molecule has 0 aliphatic heterocycles. The van der Waals surface area contributed by atoms with E-state index in [4.69, 9.17) is 10.5 Å². The second-order valence-electron chi connectivity index (χ2n) is 4.45. The van der Waals surface area contributed by atoms with Crippen molar-refractivity contribution >= 4 is 15.7 Å². The number of sulfone groups is 1. The molecule has 7 heteroatoms. The highest BCUT2D eigenvalue weighted by Crippen LogP contribution is 2.13. The molecule has 0 spiro atoms. The van der Waals surface area contributed by atoms with Gasteiger partial charge in [0.1, 0.15) is 13.1 Å². The van der Waals surface area contributed by atoms with E-state index in [9.17, 15) is 13.2 Å². The smallest absolute Gasteiger partial charge is 0.225 e. The molecule has 6 nitrogen and oxygen atoms in total. The first kappa shape index (κ1) is 16.7. The minimum absolute atomic E-state index is 0.160. The Morgan fingerprint density at radius 1 is 1.14 bits per heavy atom. The monoisotopic (exact) mass is 305 g/mol. The molecule has 1 rings (SSSR count). The Bertz CT molecular complexity index is 666. The van der Waals surface area contributed by atoms with Crippen molar-refractivity contribution in [2.45, 2.75) is 18.2 Å². The summed E-state index contributed by atoms with van der Waals surface area (Å²) in [6.07, 6.45) is -0.250. The molecule has 0 fully saturated rings. The van der Waals surface area contributed by atoms with Gasteiger partial charge < -0.3 is 4.90 Å². The fourth-order valence-electron chi connectivity index (χ4n) is 1.65. The topological polar surface area (TPSA) is 102 Å². The summed E-state index contributed by atoms with van der Waals surface area (Å²) in [6, 6.07) is 9.91. The Labute approximate surface area is 124 Å². The van der Waals surface area contributed by atoms with E-state index < -0.39 is 15.7 Å². The predicted octanol–water partition coefficient (Wildman–Crippen LogP) is 1.03. The lowest BCUT2D eigenvalue weighted by molar-refractivity contribution is -0.129. The lowest BCUT2D eigenvalue weighted by Crippen LogP contribution is -2.33. The van der Waals surface area contributed by atoms with Crippen LogP contribution in [0.2, 0.25) is 0 Å². The van der Waals surface area contributed by atoms with Crippen LogP contribution in [0.1, 0.15) is 12.0 Å². The summed E-state index contributed by atoms with van der Waals surface area (Å²) < 4.78 is 24.2. The van der Waals surface area contributed by atoms with Crippen LogP contribution in [-0.4, -0.2) is 38.1 Å². The first-order chi connectivity index (χ1) is 9.90. The molecule has 0 radical (unpaired) electrons. The molecule has 0 unspecified atom stereocenters. The van der Waals surface area contributed by atoms with Crippen LogP contribution < -0.4 is 0 Å². The maximum absolute atomic E-state index is 12.1. The van der Waals surface area contributed by atoms with Gasteiger partial charge >= 0.3 is 0 Å². The summed E-state index contributed by atoms with van der Waals surface area (Å²) in [5, 5.41) is 17.1. The molecule has 1 aromatic carbocycles. The quantitative estimate of drug-likeness (QED) is 0.730. The molecular formula is C14H15N3O3S. The van der Waals surface area contributed by atoms with Crippen molar-refractivity contribution in [1.82, 2.24) is 4.90 Å². The van der Waals surface area contributed by atoms with Crippen molar-refractivity contribution in [2.75, 3.05) is 18.8 Å². The van der Waals surface area contributed by atoms with Crippen molar-refractivity contribution in [3.8, 4) is 12.1 Å². The summed E-state index contributed by atoms with van der Waals surface area (Å²) in [6.45, 7) is 1.40. The molecule has 21 heavy (non-hydrogen) atoms. The van der Waals surface area contributed by atoms with Crippen LogP contribution in [0.15, 0.2) is 29.2 Å². The van der Waals surface area contributed by atoms with Crippen molar-refractivity contribution in [1.29, 1.82) is 10.5 Å². The molecular weight excluding hydrogens is 290 g/mol. The number of hydrogen-bond donors (Lipinski definition) is 0. The van der Waals surface area contributed by atoms with Gasteiger partial charge in [0.05, 0.1) is 22.8 Å². The lowest BCUT2D eigenvalue weighted by Gasteiger charge is -2.15. The Morgan fingerprint density at radius 2 is 1.67 bits per heavy atom. The fourth-order valence-corrected chi connectivity index (χ4v) is 2.88. The molecule has 0 atom stereocenters. The zero-order chi connectivity index (χ0) is 15.9. The van der Waals surface area contributed by atoms with Crippen LogP contribution in [0, 0.1) is 29.6 Å². The van der Waals surface area contributed by atoms with Crippen LogP contribution in [0.5, 0.6) is 0 Å². The van der Waals surface area contributed by atoms with Gasteiger partial charge in [-0.25, -0.2) is 8.42 Å². The number of benzene rings is 1. The molecule has 0 N–H and O–H groups in total. The second kappa shape index (κ2) is 7.41. The highest BCUT2D eigenvalue weighted by Gasteiger charge is 2.19. The minimum Gasteiger partial charge on any atom is -0.316 e. The average Bonchev–Trinajstić information content (AvgIpc) is 2.45. The van der Waals surface area contributed by atoms with E-state index in [2.05, 4.69) is 0 Å². The van der Waals surface area contributed by atoms with E-state index in [1.54, 1.807) is 24.3 Å². The van der Waals surface area contributed by atoms with E-state index >= 15 is 0 Å². The standard InChI is InChI=1S/C14H15N3O3S/c1-12-2-4-13(5-3-12)21(19,20)11-6-14(18)17(9-7-15)10-8-16/h2-5H,6,9-11H2,1H3. The summed E-state index contributed by atoms with van der Waals surface area (Å²) in [5.74, 6) is -0.865.